The largest absolute Gasteiger partial charge is 0.234 e. The van der Waals surface area contributed by atoms with E-state index < -0.39 is 0 Å². The van der Waals surface area contributed by atoms with Crippen molar-refractivity contribution in [1.29, 1.82) is 0 Å². The minimum absolute atomic E-state index is 0.636. The van der Waals surface area contributed by atoms with Crippen molar-refractivity contribution in [2.45, 2.75) is 38.5 Å². The van der Waals surface area contributed by atoms with Crippen LogP contribution in [0.1, 0.15) is 38.5 Å². The predicted molar refractivity (Wildman–Crippen MR) is 67.6 cm³/mol. The standard InChI is InChI=1S/C14H20N2O2/c17-9-15-5-3-13-8-12-2-1-11(13)7-14(12)4-6-16-10-18/h11-14H,1-8H2. The molecule has 0 amide bonds. The van der Waals surface area contributed by atoms with Gasteiger partial charge in [-0.15, -0.1) is 0 Å². The highest BCUT2D eigenvalue weighted by Crippen LogP contribution is 2.50. The SMILES string of the molecule is O=C=NCCC1CC2CCC1CC2CCN=C=O. The summed E-state index contributed by atoms with van der Waals surface area (Å²) < 4.78 is 0. The van der Waals surface area contributed by atoms with Crippen LogP contribution in [0.25, 0.3) is 0 Å². The van der Waals surface area contributed by atoms with Crippen molar-refractivity contribution in [3.05, 3.63) is 0 Å². The minimum atomic E-state index is 0.636. The first-order valence-corrected chi connectivity index (χ1v) is 6.92. The molecule has 98 valence electrons. The molecule has 18 heavy (non-hydrogen) atoms. The second-order valence-corrected chi connectivity index (χ2v) is 5.61. The molecule has 4 heteroatoms. The van der Waals surface area contributed by atoms with Gasteiger partial charge in [-0.1, -0.05) is 0 Å². The lowest BCUT2D eigenvalue weighted by atomic mass is 9.58. The molecule has 3 aliphatic rings. The Morgan fingerprint density at radius 1 is 0.833 bits per heavy atom. The Morgan fingerprint density at radius 3 is 1.61 bits per heavy atom. The van der Waals surface area contributed by atoms with Gasteiger partial charge in [-0.3, -0.25) is 0 Å². The number of isocyanates is 2. The lowest BCUT2D eigenvalue weighted by Crippen LogP contribution is -2.38. The van der Waals surface area contributed by atoms with E-state index in [1.54, 1.807) is 12.2 Å². The van der Waals surface area contributed by atoms with E-state index in [1.165, 1.54) is 25.7 Å². The first kappa shape index (κ1) is 13.2. The Morgan fingerprint density at radius 2 is 1.28 bits per heavy atom. The molecule has 2 bridgehead atoms. The van der Waals surface area contributed by atoms with Crippen molar-refractivity contribution >= 4 is 12.2 Å². The van der Waals surface area contributed by atoms with Gasteiger partial charge in [0.15, 0.2) is 0 Å². The van der Waals surface area contributed by atoms with Crippen LogP contribution in [0, 0.1) is 23.7 Å². The average Bonchev–Trinajstić information content (AvgIpc) is 2.41. The molecule has 3 aliphatic carbocycles. The van der Waals surface area contributed by atoms with Gasteiger partial charge in [0, 0.05) is 0 Å². The van der Waals surface area contributed by atoms with Crippen LogP contribution in [-0.4, -0.2) is 25.2 Å². The molecule has 4 nitrogen and oxygen atoms in total. The quantitative estimate of drug-likeness (QED) is 0.535. The van der Waals surface area contributed by atoms with E-state index in [1.807, 2.05) is 0 Å². The predicted octanol–water partition coefficient (Wildman–Crippen LogP) is 2.49. The molecule has 4 atom stereocenters. The smallest absolute Gasteiger partial charge is 0.211 e. The van der Waals surface area contributed by atoms with E-state index in [0.717, 1.165) is 36.5 Å². The molecule has 0 N–H and O–H groups in total. The summed E-state index contributed by atoms with van der Waals surface area (Å²) in [6, 6.07) is 0. The third-order valence-electron chi connectivity index (χ3n) is 4.81. The molecular weight excluding hydrogens is 228 g/mol. The van der Waals surface area contributed by atoms with Gasteiger partial charge >= 0.3 is 0 Å². The van der Waals surface area contributed by atoms with E-state index in [4.69, 9.17) is 0 Å². The van der Waals surface area contributed by atoms with E-state index in [0.29, 0.717) is 13.1 Å². The lowest BCUT2D eigenvalue weighted by molar-refractivity contribution is 0.0349. The normalized spacial score (nSPS) is 33.6. The van der Waals surface area contributed by atoms with Crippen molar-refractivity contribution in [1.82, 2.24) is 0 Å². The highest BCUT2D eigenvalue weighted by atomic mass is 16.1. The second-order valence-electron chi connectivity index (χ2n) is 5.61. The first-order chi connectivity index (χ1) is 8.85. The van der Waals surface area contributed by atoms with Gasteiger partial charge in [0.1, 0.15) is 0 Å². The fourth-order valence-corrected chi connectivity index (χ4v) is 3.94. The van der Waals surface area contributed by atoms with Gasteiger partial charge in [0.2, 0.25) is 12.2 Å². The summed E-state index contributed by atoms with van der Waals surface area (Å²) >= 11 is 0. The topological polar surface area (TPSA) is 58.9 Å². The molecule has 4 unspecified atom stereocenters. The van der Waals surface area contributed by atoms with Crippen LogP contribution in [0.4, 0.5) is 0 Å². The summed E-state index contributed by atoms with van der Waals surface area (Å²) in [5, 5.41) is 0. The molecule has 0 aromatic rings. The molecule has 0 saturated heterocycles. The van der Waals surface area contributed by atoms with Crippen LogP contribution in [0.15, 0.2) is 9.98 Å². The molecule has 0 aliphatic heterocycles. The molecule has 0 heterocycles. The monoisotopic (exact) mass is 248 g/mol. The Kier molecular flexibility index (Phi) is 4.86. The van der Waals surface area contributed by atoms with Gasteiger partial charge in [-0.05, 0) is 62.2 Å². The van der Waals surface area contributed by atoms with E-state index in [9.17, 15) is 9.59 Å². The number of rotatable bonds is 6. The maximum Gasteiger partial charge on any atom is 0.234 e. The lowest BCUT2D eigenvalue weighted by Gasteiger charge is -2.47. The zero-order valence-electron chi connectivity index (χ0n) is 10.7. The van der Waals surface area contributed by atoms with Gasteiger partial charge in [-0.2, -0.15) is 0 Å². The van der Waals surface area contributed by atoms with Crippen molar-refractivity contribution in [3.63, 3.8) is 0 Å². The van der Waals surface area contributed by atoms with Crippen LogP contribution in [0.2, 0.25) is 0 Å². The molecular formula is C14H20N2O2. The summed E-state index contributed by atoms with van der Waals surface area (Å²) in [6.07, 6.45) is 10.5. The summed E-state index contributed by atoms with van der Waals surface area (Å²) in [6.45, 7) is 1.27. The van der Waals surface area contributed by atoms with Crippen LogP contribution >= 0.6 is 0 Å². The summed E-state index contributed by atoms with van der Waals surface area (Å²) in [4.78, 5) is 27.5. The third kappa shape index (κ3) is 3.16. The Bertz CT molecular complexity index is 334. The molecule has 3 saturated carbocycles. The molecule has 0 radical (unpaired) electrons. The van der Waals surface area contributed by atoms with Gasteiger partial charge in [0.05, 0.1) is 13.1 Å². The van der Waals surface area contributed by atoms with Crippen LogP contribution in [0.3, 0.4) is 0 Å². The maximum atomic E-state index is 10.1. The van der Waals surface area contributed by atoms with Gasteiger partial charge < -0.3 is 0 Å². The van der Waals surface area contributed by atoms with Crippen molar-refractivity contribution in [2.75, 3.05) is 13.1 Å². The highest BCUT2D eigenvalue weighted by Gasteiger charge is 2.40. The van der Waals surface area contributed by atoms with Crippen molar-refractivity contribution in [2.24, 2.45) is 33.7 Å². The van der Waals surface area contributed by atoms with Crippen LogP contribution in [-0.2, 0) is 9.59 Å². The van der Waals surface area contributed by atoms with E-state index in [-0.39, 0.29) is 0 Å². The number of hydrogen-bond acceptors (Lipinski definition) is 4. The number of nitrogens with zero attached hydrogens (tertiary/aromatic N) is 2. The maximum absolute atomic E-state index is 10.1. The average molecular weight is 248 g/mol. The van der Waals surface area contributed by atoms with E-state index >= 15 is 0 Å². The van der Waals surface area contributed by atoms with Gasteiger partial charge in [0.25, 0.3) is 0 Å². The summed E-state index contributed by atoms with van der Waals surface area (Å²) in [7, 11) is 0. The molecule has 3 fully saturated rings. The number of hydrogen-bond donors (Lipinski definition) is 0. The Labute approximate surface area is 108 Å². The molecule has 0 aromatic heterocycles. The fourth-order valence-electron chi connectivity index (χ4n) is 3.94. The first-order valence-electron chi connectivity index (χ1n) is 6.92. The highest BCUT2D eigenvalue weighted by molar-refractivity contribution is 5.33. The van der Waals surface area contributed by atoms with E-state index in [2.05, 4.69) is 9.98 Å². The van der Waals surface area contributed by atoms with Gasteiger partial charge in [-0.25, -0.2) is 19.6 Å². The zero-order chi connectivity index (χ0) is 12.8. The number of aliphatic imine (C=N–C) groups is 2. The molecule has 3 rings (SSSR count). The van der Waals surface area contributed by atoms with Crippen molar-refractivity contribution < 1.29 is 9.59 Å². The fraction of sp³-hybridized carbons (Fsp3) is 0.857. The third-order valence-corrected chi connectivity index (χ3v) is 4.81. The Hall–Kier alpha value is -1.24. The number of carbonyl (C=O) groups excluding carboxylic acids is 2. The summed E-state index contributed by atoms with van der Waals surface area (Å²) in [5.41, 5.74) is 0. The zero-order valence-corrected chi connectivity index (χ0v) is 10.7. The summed E-state index contributed by atoms with van der Waals surface area (Å²) in [5.74, 6) is 3.07. The molecule has 0 spiro atoms. The Balaban J connectivity index is 1.82. The van der Waals surface area contributed by atoms with Crippen LogP contribution < -0.4 is 0 Å². The van der Waals surface area contributed by atoms with Crippen LogP contribution in [0.5, 0.6) is 0 Å². The molecule has 0 aromatic carbocycles. The second kappa shape index (κ2) is 6.63. The number of fused-ring (bicyclic) bond motifs is 3. The van der Waals surface area contributed by atoms with Crippen molar-refractivity contribution in [3.8, 4) is 0 Å². The minimum Gasteiger partial charge on any atom is -0.211 e.